The number of likely N-dealkylation sites (N-methyl/N-ethyl adjacent to an activating group) is 1. The summed E-state index contributed by atoms with van der Waals surface area (Å²) in [4.78, 5) is 56.1. The largest absolute Gasteiger partial charge is 0.491 e. The molecule has 2 atom stereocenters. The van der Waals surface area contributed by atoms with Gasteiger partial charge >= 0.3 is 0 Å². The van der Waals surface area contributed by atoms with Gasteiger partial charge < -0.3 is 30.5 Å². The van der Waals surface area contributed by atoms with Crippen molar-refractivity contribution in [3.8, 4) is 5.75 Å². The second kappa shape index (κ2) is 14.0. The quantitative estimate of drug-likeness (QED) is 0.469. The maximum Gasteiger partial charge on any atom is 0.255 e. The van der Waals surface area contributed by atoms with Crippen LogP contribution in [0, 0.1) is 5.92 Å². The fraction of sp³-hybridized carbons (Fsp3) is 0.630. The molecule has 10 nitrogen and oxygen atoms in total. The molecule has 2 aliphatic rings. The van der Waals surface area contributed by atoms with Gasteiger partial charge in [-0.3, -0.25) is 19.2 Å². The van der Waals surface area contributed by atoms with E-state index in [1.165, 1.54) is 17.7 Å². The van der Waals surface area contributed by atoms with Crippen LogP contribution in [-0.4, -0.2) is 91.9 Å². The number of ether oxygens (including phenoxy) is 1. The average molecular weight is 516 g/mol. The third-order valence-corrected chi connectivity index (χ3v) is 6.85. The van der Waals surface area contributed by atoms with Gasteiger partial charge in [0.15, 0.2) is 0 Å². The first-order chi connectivity index (χ1) is 17.8. The SMILES string of the molecule is CC(C)[C@@H]1NC(=O)C[C@@H](C(=O)NCCCCN2CCCC2)NC(=O)c2ccccc2OCCN(C)C1=O. The Bertz CT molecular complexity index is 947. The number of hydrogen-bond donors (Lipinski definition) is 3. The van der Waals surface area contributed by atoms with Gasteiger partial charge in [0.05, 0.1) is 18.5 Å². The van der Waals surface area contributed by atoms with Crippen LogP contribution in [0.25, 0.3) is 0 Å². The summed E-state index contributed by atoms with van der Waals surface area (Å²) in [5.74, 6) is -1.45. The van der Waals surface area contributed by atoms with Crippen molar-refractivity contribution in [2.24, 2.45) is 5.92 Å². The highest BCUT2D eigenvalue weighted by molar-refractivity contribution is 6.01. The zero-order chi connectivity index (χ0) is 26.8. The molecular formula is C27H41N5O5. The molecule has 37 heavy (non-hydrogen) atoms. The van der Waals surface area contributed by atoms with Crippen LogP contribution < -0.4 is 20.7 Å². The Morgan fingerprint density at radius 3 is 2.54 bits per heavy atom. The molecule has 3 rings (SSSR count). The van der Waals surface area contributed by atoms with Gasteiger partial charge in [-0.1, -0.05) is 26.0 Å². The Kier molecular flexibility index (Phi) is 10.7. The molecular weight excluding hydrogens is 474 g/mol. The first kappa shape index (κ1) is 28.4. The van der Waals surface area contributed by atoms with E-state index >= 15 is 0 Å². The Morgan fingerprint density at radius 1 is 1.08 bits per heavy atom. The molecule has 1 saturated heterocycles. The van der Waals surface area contributed by atoms with Crippen LogP contribution in [0.15, 0.2) is 24.3 Å². The number of amides is 4. The molecule has 0 spiro atoms. The topological polar surface area (TPSA) is 120 Å². The monoisotopic (exact) mass is 515 g/mol. The maximum absolute atomic E-state index is 13.1. The molecule has 1 aromatic carbocycles. The molecule has 1 fully saturated rings. The number of carbonyl (C=O) groups is 4. The summed E-state index contributed by atoms with van der Waals surface area (Å²) in [7, 11) is 1.65. The molecule has 0 radical (unpaired) electrons. The lowest BCUT2D eigenvalue weighted by atomic mass is 10.0. The van der Waals surface area contributed by atoms with Crippen LogP contribution in [0.1, 0.15) is 56.3 Å². The van der Waals surface area contributed by atoms with Crippen molar-refractivity contribution >= 4 is 23.6 Å². The highest BCUT2D eigenvalue weighted by atomic mass is 16.5. The van der Waals surface area contributed by atoms with E-state index in [0.717, 1.165) is 32.5 Å². The van der Waals surface area contributed by atoms with E-state index in [1.54, 1.807) is 31.3 Å². The number of carbonyl (C=O) groups excluding carboxylic acids is 4. The summed E-state index contributed by atoms with van der Waals surface area (Å²) in [5, 5.41) is 8.35. The van der Waals surface area contributed by atoms with Gasteiger partial charge in [0, 0.05) is 13.6 Å². The van der Waals surface area contributed by atoms with Crippen LogP contribution in [-0.2, 0) is 14.4 Å². The van der Waals surface area contributed by atoms with E-state index in [9.17, 15) is 19.2 Å². The van der Waals surface area contributed by atoms with E-state index in [4.69, 9.17) is 4.74 Å². The summed E-state index contributed by atoms with van der Waals surface area (Å²) < 4.78 is 5.82. The van der Waals surface area contributed by atoms with Gasteiger partial charge in [-0.15, -0.1) is 0 Å². The molecule has 0 aromatic heterocycles. The Balaban J connectivity index is 1.72. The Hall–Kier alpha value is -3.14. The Morgan fingerprint density at radius 2 is 1.81 bits per heavy atom. The van der Waals surface area contributed by atoms with E-state index in [2.05, 4.69) is 20.9 Å². The summed E-state index contributed by atoms with van der Waals surface area (Å²) in [5.41, 5.74) is 0.261. The molecule has 3 N–H and O–H groups in total. The van der Waals surface area contributed by atoms with E-state index in [0.29, 0.717) is 12.3 Å². The van der Waals surface area contributed by atoms with Crippen molar-refractivity contribution in [1.29, 1.82) is 0 Å². The van der Waals surface area contributed by atoms with Crippen molar-refractivity contribution < 1.29 is 23.9 Å². The fourth-order valence-electron chi connectivity index (χ4n) is 4.60. The molecule has 204 valence electrons. The molecule has 1 aromatic rings. The number of fused-ring (bicyclic) bond motifs is 1. The van der Waals surface area contributed by atoms with Crippen LogP contribution in [0.5, 0.6) is 5.75 Å². The van der Waals surface area contributed by atoms with Gasteiger partial charge in [0.2, 0.25) is 17.7 Å². The number of hydrogen-bond acceptors (Lipinski definition) is 6. The third-order valence-electron chi connectivity index (χ3n) is 6.85. The fourth-order valence-corrected chi connectivity index (χ4v) is 4.60. The molecule has 2 aliphatic heterocycles. The zero-order valence-corrected chi connectivity index (χ0v) is 22.3. The number of para-hydroxylation sites is 1. The van der Waals surface area contributed by atoms with Crippen LogP contribution in [0.2, 0.25) is 0 Å². The van der Waals surface area contributed by atoms with Gasteiger partial charge in [0.25, 0.3) is 5.91 Å². The lowest BCUT2D eigenvalue weighted by molar-refractivity contribution is -0.137. The predicted molar refractivity (Wildman–Crippen MR) is 140 cm³/mol. The second-order valence-electron chi connectivity index (χ2n) is 10.2. The van der Waals surface area contributed by atoms with Crippen molar-refractivity contribution in [3.05, 3.63) is 29.8 Å². The van der Waals surface area contributed by atoms with Gasteiger partial charge in [-0.25, -0.2) is 0 Å². The number of benzene rings is 1. The minimum Gasteiger partial charge on any atom is -0.491 e. The van der Waals surface area contributed by atoms with Gasteiger partial charge in [0.1, 0.15) is 24.4 Å². The number of nitrogens with one attached hydrogen (secondary N) is 3. The maximum atomic E-state index is 13.1. The second-order valence-corrected chi connectivity index (χ2v) is 10.2. The van der Waals surface area contributed by atoms with Gasteiger partial charge in [-0.05, 0) is 63.4 Å². The van der Waals surface area contributed by atoms with Crippen molar-refractivity contribution in [2.75, 3.05) is 46.4 Å². The van der Waals surface area contributed by atoms with Crippen molar-refractivity contribution in [1.82, 2.24) is 25.8 Å². The molecule has 0 bridgehead atoms. The average Bonchev–Trinajstić information content (AvgIpc) is 3.39. The zero-order valence-electron chi connectivity index (χ0n) is 22.3. The van der Waals surface area contributed by atoms with Crippen molar-refractivity contribution in [3.63, 3.8) is 0 Å². The van der Waals surface area contributed by atoms with Crippen LogP contribution in [0.4, 0.5) is 0 Å². The number of likely N-dealkylation sites (tertiary alicyclic amines) is 1. The highest BCUT2D eigenvalue weighted by Crippen LogP contribution is 2.19. The molecule has 4 amide bonds. The Labute approximate surface area is 219 Å². The number of nitrogens with zero attached hydrogens (tertiary/aromatic N) is 2. The highest BCUT2D eigenvalue weighted by Gasteiger charge is 2.31. The first-order valence-corrected chi connectivity index (χ1v) is 13.3. The van der Waals surface area contributed by atoms with E-state index in [1.807, 2.05) is 13.8 Å². The third kappa shape index (κ3) is 8.45. The number of unbranched alkanes of at least 4 members (excludes halogenated alkanes) is 1. The summed E-state index contributed by atoms with van der Waals surface area (Å²) in [6.07, 6.45) is 3.98. The van der Waals surface area contributed by atoms with E-state index in [-0.39, 0.29) is 37.0 Å². The summed E-state index contributed by atoms with van der Waals surface area (Å²) in [6, 6.07) is 4.88. The van der Waals surface area contributed by atoms with E-state index < -0.39 is 29.8 Å². The molecule has 0 aliphatic carbocycles. The molecule has 0 saturated carbocycles. The predicted octanol–water partition coefficient (Wildman–Crippen LogP) is 1.16. The molecule has 2 heterocycles. The minimum absolute atomic E-state index is 0.161. The minimum atomic E-state index is -1.09. The van der Waals surface area contributed by atoms with Crippen molar-refractivity contribution in [2.45, 2.75) is 58.0 Å². The van der Waals surface area contributed by atoms with Gasteiger partial charge in [-0.2, -0.15) is 0 Å². The standard InChI is InChI=1S/C27H41N5O5/c1-19(2)24-27(36)31(3)16-17-37-22-11-5-4-10-20(22)25(34)29-21(18-23(33)30-24)26(35)28-12-6-7-13-32-14-8-9-15-32/h4-5,10-11,19,21,24H,6-9,12-18H2,1-3H3,(H,28,35)(H,29,34)(H,30,33)/t21-,24-/m0/s1. The molecule has 0 unspecified atom stereocenters. The number of rotatable bonds is 7. The van der Waals surface area contributed by atoms with Crippen LogP contribution >= 0.6 is 0 Å². The normalized spacial score (nSPS) is 22.1. The molecule has 10 heteroatoms. The summed E-state index contributed by atoms with van der Waals surface area (Å²) in [6.45, 7) is 7.89. The smallest absolute Gasteiger partial charge is 0.255 e. The van der Waals surface area contributed by atoms with Crippen LogP contribution in [0.3, 0.4) is 0 Å². The summed E-state index contributed by atoms with van der Waals surface area (Å²) >= 11 is 0. The lowest BCUT2D eigenvalue weighted by Crippen LogP contribution is -2.54. The lowest BCUT2D eigenvalue weighted by Gasteiger charge is -2.28. The first-order valence-electron chi connectivity index (χ1n) is 13.3.